The van der Waals surface area contributed by atoms with E-state index in [1.54, 1.807) is 6.07 Å². The first-order valence-electron chi connectivity index (χ1n) is 5.17. The minimum Gasteiger partial charge on any atom is -0.406 e. The van der Waals surface area contributed by atoms with Crippen molar-refractivity contribution in [1.82, 2.24) is 0 Å². The van der Waals surface area contributed by atoms with Crippen LogP contribution < -0.4 is 10.1 Å². The van der Waals surface area contributed by atoms with Gasteiger partial charge in [0, 0.05) is 18.3 Å². The molecule has 2 rings (SSSR count). The minimum atomic E-state index is -4.63. The van der Waals surface area contributed by atoms with Gasteiger partial charge in [-0.1, -0.05) is 6.07 Å². The standard InChI is InChI=1S/C11H12F3NO/c12-11(13,14)16-9-5-4-8-3-1-2-6-15-10(8)7-9/h4-5,7,15H,1-3,6H2. The zero-order chi connectivity index (χ0) is 11.6. The van der Waals surface area contributed by atoms with Crippen LogP contribution in [0.1, 0.15) is 18.4 Å². The van der Waals surface area contributed by atoms with Gasteiger partial charge in [-0.15, -0.1) is 13.2 Å². The van der Waals surface area contributed by atoms with Gasteiger partial charge in [-0.05, 0) is 30.9 Å². The summed E-state index contributed by atoms with van der Waals surface area (Å²) in [6.07, 6.45) is -1.64. The molecule has 5 heteroatoms. The number of hydrogen-bond acceptors (Lipinski definition) is 2. The van der Waals surface area contributed by atoms with E-state index in [1.807, 2.05) is 0 Å². The Morgan fingerprint density at radius 3 is 2.75 bits per heavy atom. The first-order chi connectivity index (χ1) is 7.54. The number of ether oxygens (including phenoxy) is 1. The van der Waals surface area contributed by atoms with Crippen LogP contribution in [0.3, 0.4) is 0 Å². The first-order valence-corrected chi connectivity index (χ1v) is 5.17. The molecule has 0 aromatic heterocycles. The summed E-state index contributed by atoms with van der Waals surface area (Å²) in [4.78, 5) is 0. The number of rotatable bonds is 1. The SMILES string of the molecule is FC(F)(F)Oc1ccc2c(c1)NCCCC2. The predicted molar refractivity (Wildman–Crippen MR) is 54.6 cm³/mol. The predicted octanol–water partition coefficient (Wildman–Crippen LogP) is 3.33. The average Bonchev–Trinajstić information content (AvgIpc) is 2.39. The fourth-order valence-electron chi connectivity index (χ4n) is 1.80. The lowest BCUT2D eigenvalue weighted by Crippen LogP contribution is -2.17. The minimum absolute atomic E-state index is 0.166. The van der Waals surface area contributed by atoms with Gasteiger partial charge in [0.1, 0.15) is 5.75 Å². The molecule has 0 spiro atoms. The van der Waals surface area contributed by atoms with Crippen molar-refractivity contribution in [3.8, 4) is 5.75 Å². The van der Waals surface area contributed by atoms with Gasteiger partial charge in [0.15, 0.2) is 0 Å². The third kappa shape index (κ3) is 2.81. The Balaban J connectivity index is 2.21. The van der Waals surface area contributed by atoms with E-state index in [1.165, 1.54) is 12.1 Å². The molecule has 0 aliphatic carbocycles. The van der Waals surface area contributed by atoms with Gasteiger partial charge < -0.3 is 10.1 Å². The lowest BCUT2D eigenvalue weighted by molar-refractivity contribution is -0.274. The Labute approximate surface area is 91.4 Å². The summed E-state index contributed by atoms with van der Waals surface area (Å²) in [5.74, 6) is -0.166. The summed E-state index contributed by atoms with van der Waals surface area (Å²) >= 11 is 0. The van der Waals surface area contributed by atoms with Gasteiger partial charge in [-0.2, -0.15) is 0 Å². The van der Waals surface area contributed by atoms with E-state index in [-0.39, 0.29) is 5.75 Å². The molecule has 2 nitrogen and oxygen atoms in total. The maximum atomic E-state index is 12.0. The fraction of sp³-hybridized carbons (Fsp3) is 0.455. The highest BCUT2D eigenvalue weighted by Gasteiger charge is 2.31. The molecule has 1 N–H and O–H groups in total. The van der Waals surface area contributed by atoms with Crippen LogP contribution in [0.15, 0.2) is 18.2 Å². The van der Waals surface area contributed by atoms with Crippen molar-refractivity contribution >= 4 is 5.69 Å². The number of halogens is 3. The third-order valence-electron chi connectivity index (χ3n) is 2.50. The molecule has 0 unspecified atom stereocenters. The molecule has 1 heterocycles. The van der Waals surface area contributed by atoms with E-state index in [0.29, 0.717) is 0 Å². The van der Waals surface area contributed by atoms with Crippen LogP contribution in [0, 0.1) is 0 Å². The fourth-order valence-corrected chi connectivity index (χ4v) is 1.80. The van der Waals surface area contributed by atoms with Gasteiger partial charge in [-0.3, -0.25) is 0 Å². The molecule has 1 aliphatic rings. The van der Waals surface area contributed by atoms with Crippen molar-refractivity contribution < 1.29 is 17.9 Å². The summed E-state index contributed by atoms with van der Waals surface area (Å²) in [6.45, 7) is 0.794. The highest BCUT2D eigenvalue weighted by molar-refractivity contribution is 5.55. The van der Waals surface area contributed by atoms with Crippen LogP contribution >= 0.6 is 0 Å². The van der Waals surface area contributed by atoms with E-state index < -0.39 is 6.36 Å². The van der Waals surface area contributed by atoms with Crippen LogP contribution in [-0.4, -0.2) is 12.9 Å². The second-order valence-electron chi connectivity index (χ2n) is 3.75. The maximum Gasteiger partial charge on any atom is 0.573 e. The number of fused-ring (bicyclic) bond motifs is 1. The molecule has 1 aromatic carbocycles. The monoisotopic (exact) mass is 231 g/mol. The quantitative estimate of drug-likeness (QED) is 0.800. The summed E-state index contributed by atoms with van der Waals surface area (Å²) in [6, 6.07) is 4.46. The van der Waals surface area contributed by atoms with Crippen LogP contribution in [0.4, 0.5) is 18.9 Å². The van der Waals surface area contributed by atoms with Crippen molar-refractivity contribution in [2.24, 2.45) is 0 Å². The molecule has 0 fully saturated rings. The van der Waals surface area contributed by atoms with Crippen molar-refractivity contribution in [3.63, 3.8) is 0 Å². The zero-order valence-corrected chi connectivity index (χ0v) is 8.60. The number of anilines is 1. The highest BCUT2D eigenvalue weighted by atomic mass is 19.4. The van der Waals surface area contributed by atoms with Gasteiger partial charge in [0.05, 0.1) is 0 Å². The Morgan fingerprint density at radius 1 is 1.19 bits per heavy atom. The highest BCUT2D eigenvalue weighted by Crippen LogP contribution is 2.29. The summed E-state index contributed by atoms with van der Waals surface area (Å²) in [5, 5.41) is 3.10. The van der Waals surface area contributed by atoms with Crippen molar-refractivity contribution in [1.29, 1.82) is 0 Å². The topological polar surface area (TPSA) is 21.3 Å². The van der Waals surface area contributed by atoms with Gasteiger partial charge in [-0.25, -0.2) is 0 Å². The molecule has 1 aromatic rings. The number of aryl methyl sites for hydroxylation is 1. The van der Waals surface area contributed by atoms with Crippen molar-refractivity contribution in [3.05, 3.63) is 23.8 Å². The Bertz CT molecular complexity index is 376. The van der Waals surface area contributed by atoms with E-state index in [0.717, 1.165) is 37.1 Å². The number of hydrogen-bond donors (Lipinski definition) is 1. The molecule has 88 valence electrons. The number of benzene rings is 1. The van der Waals surface area contributed by atoms with Crippen molar-refractivity contribution in [2.45, 2.75) is 25.6 Å². The lowest BCUT2D eigenvalue weighted by atomic mass is 10.1. The molecule has 0 radical (unpaired) electrons. The van der Waals surface area contributed by atoms with Crippen LogP contribution in [-0.2, 0) is 6.42 Å². The van der Waals surface area contributed by atoms with Gasteiger partial charge in [0.2, 0.25) is 0 Å². The molecule has 1 aliphatic heterocycles. The Morgan fingerprint density at radius 2 is 2.00 bits per heavy atom. The van der Waals surface area contributed by atoms with Crippen LogP contribution in [0.2, 0.25) is 0 Å². The Hall–Kier alpha value is -1.39. The number of nitrogens with one attached hydrogen (secondary N) is 1. The van der Waals surface area contributed by atoms with Crippen LogP contribution in [0.25, 0.3) is 0 Å². The van der Waals surface area contributed by atoms with E-state index in [9.17, 15) is 13.2 Å². The molecule has 0 saturated carbocycles. The largest absolute Gasteiger partial charge is 0.573 e. The summed E-state index contributed by atoms with van der Waals surface area (Å²) < 4.78 is 39.9. The normalized spacial score (nSPS) is 15.9. The molecule has 0 amide bonds. The van der Waals surface area contributed by atoms with Crippen molar-refractivity contribution in [2.75, 3.05) is 11.9 Å². The van der Waals surface area contributed by atoms with E-state index >= 15 is 0 Å². The third-order valence-corrected chi connectivity index (χ3v) is 2.50. The van der Waals surface area contributed by atoms with Gasteiger partial charge >= 0.3 is 6.36 Å². The van der Waals surface area contributed by atoms with E-state index in [2.05, 4.69) is 10.1 Å². The van der Waals surface area contributed by atoms with Crippen LogP contribution in [0.5, 0.6) is 5.75 Å². The summed E-state index contributed by atoms with van der Waals surface area (Å²) in [7, 11) is 0. The molecule has 0 atom stereocenters. The molecular formula is C11H12F3NO. The maximum absolute atomic E-state index is 12.0. The molecule has 0 saturated heterocycles. The van der Waals surface area contributed by atoms with E-state index in [4.69, 9.17) is 0 Å². The summed E-state index contributed by atoms with van der Waals surface area (Å²) in [5.41, 5.74) is 1.80. The zero-order valence-electron chi connectivity index (χ0n) is 8.60. The van der Waals surface area contributed by atoms with Gasteiger partial charge in [0.25, 0.3) is 0 Å². The lowest BCUT2D eigenvalue weighted by Gasteiger charge is -2.12. The number of alkyl halides is 3. The smallest absolute Gasteiger partial charge is 0.406 e. The second kappa shape index (κ2) is 4.23. The molecule has 0 bridgehead atoms. The average molecular weight is 231 g/mol. The second-order valence-corrected chi connectivity index (χ2v) is 3.75. The molecular weight excluding hydrogens is 219 g/mol. The first kappa shape index (κ1) is 11.1. The Kier molecular flexibility index (Phi) is 2.94. The molecule has 16 heavy (non-hydrogen) atoms.